The lowest BCUT2D eigenvalue weighted by atomic mass is 9.98. The first kappa shape index (κ1) is 22.5. The molecule has 35 heavy (non-hydrogen) atoms. The van der Waals surface area contributed by atoms with E-state index in [0.717, 1.165) is 17.2 Å². The third-order valence-corrected chi connectivity index (χ3v) is 6.17. The van der Waals surface area contributed by atoms with E-state index < -0.39 is 11.6 Å². The Bertz CT molecular complexity index is 1510. The molecule has 0 amide bonds. The number of nitrogens with zero attached hydrogens (tertiary/aromatic N) is 3. The van der Waals surface area contributed by atoms with Crippen molar-refractivity contribution in [1.29, 1.82) is 0 Å². The molecule has 0 saturated carbocycles. The predicted octanol–water partition coefficient (Wildman–Crippen LogP) is 6.39. The van der Waals surface area contributed by atoms with Gasteiger partial charge in [0, 0.05) is 24.5 Å². The first-order valence-electron chi connectivity index (χ1n) is 11.2. The van der Waals surface area contributed by atoms with E-state index in [2.05, 4.69) is 0 Å². The van der Waals surface area contributed by atoms with Crippen molar-refractivity contribution in [2.24, 2.45) is 0 Å². The molecule has 0 aliphatic carbocycles. The van der Waals surface area contributed by atoms with Gasteiger partial charge in [0.15, 0.2) is 0 Å². The van der Waals surface area contributed by atoms with Gasteiger partial charge in [0.1, 0.15) is 17.5 Å². The summed E-state index contributed by atoms with van der Waals surface area (Å²) in [7, 11) is 1.70. The van der Waals surface area contributed by atoms with Crippen molar-refractivity contribution in [3.05, 3.63) is 136 Å². The largest absolute Gasteiger partial charge is 0.344 e. The second kappa shape index (κ2) is 9.14. The van der Waals surface area contributed by atoms with Crippen LogP contribution in [-0.2, 0) is 0 Å². The molecular weight excluding hydrogens is 444 g/mol. The highest BCUT2D eigenvalue weighted by molar-refractivity contribution is 5.83. The number of benzene rings is 4. The summed E-state index contributed by atoms with van der Waals surface area (Å²) in [6.07, 6.45) is 0. The first-order valence-corrected chi connectivity index (χ1v) is 11.2. The van der Waals surface area contributed by atoms with E-state index in [0.29, 0.717) is 28.1 Å². The molecule has 0 radical (unpaired) electrons. The van der Waals surface area contributed by atoms with Gasteiger partial charge >= 0.3 is 0 Å². The maximum atomic E-state index is 13.9. The smallest absolute Gasteiger partial charge is 0.262 e. The fraction of sp³-hybridized carbons (Fsp3) is 0.103. The van der Waals surface area contributed by atoms with Crippen LogP contribution >= 0.6 is 0 Å². The summed E-state index contributed by atoms with van der Waals surface area (Å²) in [5, 5.41) is 0.425. The van der Waals surface area contributed by atoms with Crippen molar-refractivity contribution >= 4 is 22.3 Å². The molecule has 6 heteroatoms. The number of hydrogen-bond donors (Lipinski definition) is 0. The third kappa shape index (κ3) is 4.30. The van der Waals surface area contributed by atoms with Crippen molar-refractivity contribution in [3.63, 3.8) is 0 Å². The number of hydrogen-bond acceptors (Lipinski definition) is 3. The maximum Gasteiger partial charge on any atom is 0.262 e. The van der Waals surface area contributed by atoms with Crippen LogP contribution in [0.5, 0.6) is 0 Å². The highest BCUT2D eigenvalue weighted by atomic mass is 19.1. The zero-order valence-electron chi connectivity index (χ0n) is 19.3. The number of rotatable bonds is 5. The van der Waals surface area contributed by atoms with Gasteiger partial charge in [-0.1, -0.05) is 60.7 Å². The maximum absolute atomic E-state index is 13.9. The van der Waals surface area contributed by atoms with Crippen LogP contribution < -0.4 is 10.5 Å². The monoisotopic (exact) mass is 467 g/mol. The van der Waals surface area contributed by atoms with Crippen molar-refractivity contribution in [2.75, 3.05) is 11.9 Å². The fourth-order valence-corrected chi connectivity index (χ4v) is 4.45. The van der Waals surface area contributed by atoms with Gasteiger partial charge in [-0.25, -0.2) is 13.8 Å². The predicted molar refractivity (Wildman–Crippen MR) is 135 cm³/mol. The molecule has 0 fully saturated rings. The molecule has 0 N–H and O–H groups in total. The summed E-state index contributed by atoms with van der Waals surface area (Å²) in [5.74, 6) is -0.741. The molecule has 0 saturated heterocycles. The Morgan fingerprint density at radius 1 is 0.771 bits per heavy atom. The number of aromatic nitrogens is 2. The molecule has 4 aromatic carbocycles. The van der Waals surface area contributed by atoms with Gasteiger partial charge in [0.25, 0.3) is 5.56 Å². The topological polar surface area (TPSA) is 38.1 Å². The molecule has 0 atom stereocenters. The molecule has 1 aromatic heterocycles. The van der Waals surface area contributed by atoms with Crippen LogP contribution in [0, 0.1) is 18.6 Å². The number of anilines is 2. The van der Waals surface area contributed by atoms with Gasteiger partial charge in [0.05, 0.1) is 16.9 Å². The second-order valence-electron chi connectivity index (χ2n) is 8.45. The minimum absolute atomic E-state index is 0.189. The van der Waals surface area contributed by atoms with Crippen LogP contribution in [0.3, 0.4) is 0 Å². The minimum atomic E-state index is -0.666. The van der Waals surface area contributed by atoms with Crippen LogP contribution in [-0.4, -0.2) is 16.6 Å². The van der Waals surface area contributed by atoms with E-state index in [-0.39, 0.29) is 11.6 Å². The Labute approximate surface area is 201 Å². The highest BCUT2D eigenvalue weighted by Crippen LogP contribution is 2.30. The Morgan fingerprint density at radius 3 is 1.91 bits per heavy atom. The van der Waals surface area contributed by atoms with Crippen LogP contribution in [0.15, 0.2) is 102 Å². The molecule has 5 rings (SSSR count). The number of aryl methyl sites for hydroxylation is 1. The van der Waals surface area contributed by atoms with Gasteiger partial charge in [-0.15, -0.1) is 0 Å². The van der Waals surface area contributed by atoms with E-state index in [1.54, 1.807) is 34.7 Å². The summed E-state index contributed by atoms with van der Waals surface area (Å²) in [6.45, 7) is 1.83. The summed E-state index contributed by atoms with van der Waals surface area (Å²) < 4.78 is 29.3. The van der Waals surface area contributed by atoms with E-state index >= 15 is 0 Å². The van der Waals surface area contributed by atoms with Crippen LogP contribution in [0.2, 0.25) is 0 Å². The molecule has 174 valence electrons. The standard InChI is InChI=1S/C29H23F2N3O/c1-19-32-27-14-13-24(33(2)25-16-22(30)15-23(31)17-25)18-26(27)29(35)34(19)28(20-9-5-3-6-10-20)21-11-7-4-8-12-21/h3-18,28H,1-2H3. The van der Waals surface area contributed by atoms with Crippen molar-refractivity contribution in [2.45, 2.75) is 13.0 Å². The lowest BCUT2D eigenvalue weighted by molar-refractivity contribution is 0.583. The van der Waals surface area contributed by atoms with E-state index in [4.69, 9.17) is 4.98 Å². The van der Waals surface area contributed by atoms with Crippen LogP contribution in [0.25, 0.3) is 10.9 Å². The number of halogens is 2. The molecule has 1 heterocycles. The van der Waals surface area contributed by atoms with Gasteiger partial charge in [-0.2, -0.15) is 0 Å². The van der Waals surface area contributed by atoms with Gasteiger partial charge in [0.2, 0.25) is 0 Å². The molecule has 0 aliphatic heterocycles. The Hall–Kier alpha value is -4.32. The van der Waals surface area contributed by atoms with Crippen molar-refractivity contribution in [1.82, 2.24) is 9.55 Å². The SMILES string of the molecule is Cc1nc2ccc(N(C)c3cc(F)cc(F)c3)cc2c(=O)n1C(c1ccccc1)c1ccccc1. The molecule has 0 bridgehead atoms. The lowest BCUT2D eigenvalue weighted by Crippen LogP contribution is -2.29. The second-order valence-corrected chi connectivity index (χ2v) is 8.45. The average molecular weight is 468 g/mol. The zero-order valence-corrected chi connectivity index (χ0v) is 19.3. The molecule has 0 spiro atoms. The highest BCUT2D eigenvalue weighted by Gasteiger charge is 2.21. The van der Waals surface area contributed by atoms with Crippen molar-refractivity contribution in [3.8, 4) is 0 Å². The minimum Gasteiger partial charge on any atom is -0.344 e. The fourth-order valence-electron chi connectivity index (χ4n) is 4.45. The molecule has 5 aromatic rings. The summed E-state index contributed by atoms with van der Waals surface area (Å²) in [4.78, 5) is 20.3. The number of fused-ring (bicyclic) bond motifs is 1. The molecule has 0 unspecified atom stereocenters. The van der Waals surface area contributed by atoms with Gasteiger partial charge in [-0.3, -0.25) is 9.36 Å². The van der Waals surface area contributed by atoms with Gasteiger partial charge in [-0.05, 0) is 48.4 Å². The summed E-state index contributed by atoms with van der Waals surface area (Å²) in [6, 6.07) is 27.9. The summed E-state index contributed by atoms with van der Waals surface area (Å²) >= 11 is 0. The van der Waals surface area contributed by atoms with Gasteiger partial charge < -0.3 is 4.90 Å². The molecular formula is C29H23F2N3O. The molecule has 4 nitrogen and oxygen atoms in total. The Morgan fingerprint density at radius 2 is 1.34 bits per heavy atom. The van der Waals surface area contributed by atoms with E-state index in [9.17, 15) is 13.6 Å². The molecule has 0 aliphatic rings. The summed E-state index contributed by atoms with van der Waals surface area (Å²) in [5.41, 5.74) is 3.26. The zero-order chi connectivity index (χ0) is 24.5. The van der Waals surface area contributed by atoms with E-state index in [1.807, 2.05) is 67.6 Å². The third-order valence-electron chi connectivity index (χ3n) is 6.17. The quantitative estimate of drug-likeness (QED) is 0.301. The van der Waals surface area contributed by atoms with Crippen LogP contribution in [0.1, 0.15) is 23.0 Å². The lowest BCUT2D eigenvalue weighted by Gasteiger charge is -2.24. The Balaban J connectivity index is 1.70. The first-order chi connectivity index (χ1) is 16.9. The van der Waals surface area contributed by atoms with Crippen LogP contribution in [0.4, 0.5) is 20.2 Å². The average Bonchev–Trinajstić information content (AvgIpc) is 2.86. The normalized spacial score (nSPS) is 11.2. The van der Waals surface area contributed by atoms with E-state index in [1.165, 1.54) is 12.1 Å². The Kier molecular flexibility index (Phi) is 5.87. The van der Waals surface area contributed by atoms with Crippen molar-refractivity contribution < 1.29 is 8.78 Å².